The second-order valence-electron chi connectivity index (χ2n) is 8.04. The van der Waals surface area contributed by atoms with Gasteiger partial charge in [-0.05, 0) is 85.1 Å². The molecular formula is C27H26O2. The summed E-state index contributed by atoms with van der Waals surface area (Å²) >= 11 is 0. The summed E-state index contributed by atoms with van der Waals surface area (Å²) in [5.74, 6) is -0.876. The van der Waals surface area contributed by atoms with E-state index in [1.807, 2.05) is 12.1 Å². The predicted molar refractivity (Wildman–Crippen MR) is 119 cm³/mol. The van der Waals surface area contributed by atoms with Gasteiger partial charge in [0, 0.05) is 0 Å². The molecule has 3 aromatic rings. The Hall–Kier alpha value is -3.13. The van der Waals surface area contributed by atoms with Crippen LogP contribution in [0, 0.1) is 13.8 Å². The molecule has 2 nitrogen and oxygen atoms in total. The molecule has 1 N–H and O–H groups in total. The molecule has 1 aliphatic rings. The van der Waals surface area contributed by atoms with Crippen LogP contribution in [0.1, 0.15) is 55.7 Å². The van der Waals surface area contributed by atoms with Crippen molar-refractivity contribution in [3.8, 4) is 0 Å². The molecule has 0 aromatic heterocycles. The summed E-state index contributed by atoms with van der Waals surface area (Å²) in [7, 11) is 0. The Morgan fingerprint density at radius 1 is 0.931 bits per heavy atom. The monoisotopic (exact) mass is 382 g/mol. The number of allylic oxidation sites excluding steroid dienone is 1. The number of hydrogen-bond acceptors (Lipinski definition) is 1. The minimum Gasteiger partial charge on any atom is -0.478 e. The maximum absolute atomic E-state index is 11.0. The highest BCUT2D eigenvalue weighted by Gasteiger charge is 2.19. The zero-order valence-corrected chi connectivity index (χ0v) is 17.0. The first-order valence-electron chi connectivity index (χ1n) is 10.2. The molecule has 3 aromatic carbocycles. The molecule has 0 unspecified atom stereocenters. The second kappa shape index (κ2) is 8.08. The van der Waals surface area contributed by atoms with Crippen molar-refractivity contribution < 1.29 is 9.90 Å². The van der Waals surface area contributed by atoms with Crippen LogP contribution in [0.25, 0.3) is 11.6 Å². The Morgan fingerprint density at radius 3 is 2.34 bits per heavy atom. The lowest BCUT2D eigenvalue weighted by molar-refractivity contribution is 0.0697. The van der Waals surface area contributed by atoms with E-state index in [0.29, 0.717) is 5.56 Å². The van der Waals surface area contributed by atoms with E-state index >= 15 is 0 Å². The molecule has 0 heterocycles. The summed E-state index contributed by atoms with van der Waals surface area (Å²) in [6.07, 6.45) is 6.42. The highest BCUT2D eigenvalue weighted by atomic mass is 16.4. The van der Waals surface area contributed by atoms with Crippen LogP contribution < -0.4 is 0 Å². The molecule has 146 valence electrons. The van der Waals surface area contributed by atoms with Gasteiger partial charge < -0.3 is 5.11 Å². The lowest BCUT2D eigenvalue weighted by Crippen LogP contribution is -1.99. The molecule has 0 fully saturated rings. The Bertz CT molecular complexity index is 1070. The third-order valence-corrected chi connectivity index (χ3v) is 5.69. The van der Waals surface area contributed by atoms with E-state index in [-0.39, 0.29) is 0 Å². The van der Waals surface area contributed by atoms with Crippen molar-refractivity contribution in [2.75, 3.05) is 0 Å². The van der Waals surface area contributed by atoms with Gasteiger partial charge in [0.2, 0.25) is 0 Å². The standard InChI is InChI=1S/C27H26O2/c1-18-14-19(2)16-21(15-18)17-25-13-12-23-5-3-4-22(26(23)25)9-6-20-7-10-24(11-8-20)27(28)29/h3-5,7-8,10-11,14-17H,6,9,12-13H2,1-2H3,(H,28,29)/b25-17+. The molecule has 0 saturated heterocycles. The van der Waals surface area contributed by atoms with Crippen molar-refractivity contribution in [2.24, 2.45) is 0 Å². The quantitative estimate of drug-likeness (QED) is 0.564. The van der Waals surface area contributed by atoms with Gasteiger partial charge in [-0.2, -0.15) is 0 Å². The van der Waals surface area contributed by atoms with Gasteiger partial charge in [-0.25, -0.2) is 4.79 Å². The van der Waals surface area contributed by atoms with Gasteiger partial charge in [-0.1, -0.05) is 65.7 Å². The van der Waals surface area contributed by atoms with Crippen LogP contribution in [-0.2, 0) is 19.3 Å². The molecule has 0 spiro atoms. The Morgan fingerprint density at radius 2 is 1.66 bits per heavy atom. The minimum absolute atomic E-state index is 0.341. The highest BCUT2D eigenvalue weighted by Crippen LogP contribution is 2.37. The number of aryl methyl sites for hydroxylation is 5. The van der Waals surface area contributed by atoms with E-state index in [4.69, 9.17) is 5.11 Å². The maximum Gasteiger partial charge on any atom is 0.335 e. The summed E-state index contributed by atoms with van der Waals surface area (Å²) in [6, 6.07) is 20.6. The molecule has 0 saturated carbocycles. The fourth-order valence-corrected chi connectivity index (χ4v) is 4.41. The van der Waals surface area contributed by atoms with Crippen LogP contribution in [0.15, 0.2) is 60.7 Å². The lowest BCUT2D eigenvalue weighted by atomic mass is 9.94. The molecular weight excluding hydrogens is 356 g/mol. The lowest BCUT2D eigenvalue weighted by Gasteiger charge is -2.11. The Labute approximate surface area is 172 Å². The Balaban J connectivity index is 1.60. The Kier molecular flexibility index (Phi) is 5.35. The molecule has 0 bridgehead atoms. The average Bonchev–Trinajstić information content (AvgIpc) is 3.09. The first-order chi connectivity index (χ1) is 14.0. The van der Waals surface area contributed by atoms with E-state index in [1.54, 1.807) is 12.1 Å². The number of fused-ring (bicyclic) bond motifs is 1. The topological polar surface area (TPSA) is 37.3 Å². The molecule has 0 amide bonds. The number of benzene rings is 3. The fourth-order valence-electron chi connectivity index (χ4n) is 4.41. The van der Waals surface area contributed by atoms with Crippen LogP contribution >= 0.6 is 0 Å². The number of rotatable bonds is 5. The van der Waals surface area contributed by atoms with Gasteiger partial charge in [0.05, 0.1) is 5.56 Å². The first kappa shape index (κ1) is 19.2. The zero-order chi connectivity index (χ0) is 20.4. The minimum atomic E-state index is -0.876. The molecule has 4 rings (SSSR count). The predicted octanol–water partition coefficient (Wildman–Crippen LogP) is 6.27. The number of hydrogen-bond donors (Lipinski definition) is 1. The number of carboxylic acid groups (broad SMARTS) is 1. The first-order valence-corrected chi connectivity index (χ1v) is 10.2. The number of carboxylic acids is 1. The van der Waals surface area contributed by atoms with Gasteiger partial charge in [-0.15, -0.1) is 0 Å². The normalized spacial score (nSPS) is 14.2. The van der Waals surface area contributed by atoms with Crippen molar-refractivity contribution in [1.82, 2.24) is 0 Å². The van der Waals surface area contributed by atoms with Crippen LogP contribution in [0.5, 0.6) is 0 Å². The van der Waals surface area contributed by atoms with Gasteiger partial charge >= 0.3 is 5.97 Å². The number of aromatic carboxylic acids is 1. The summed E-state index contributed by atoms with van der Waals surface area (Å²) in [5, 5.41) is 9.07. The van der Waals surface area contributed by atoms with E-state index in [9.17, 15) is 4.79 Å². The van der Waals surface area contributed by atoms with Gasteiger partial charge in [-0.3, -0.25) is 0 Å². The van der Waals surface area contributed by atoms with Crippen molar-refractivity contribution in [2.45, 2.75) is 39.5 Å². The maximum atomic E-state index is 11.0. The van der Waals surface area contributed by atoms with E-state index in [2.05, 4.69) is 56.3 Å². The van der Waals surface area contributed by atoms with Crippen molar-refractivity contribution in [3.05, 3.63) is 105 Å². The molecule has 0 radical (unpaired) electrons. The molecule has 2 heteroatoms. The average molecular weight is 383 g/mol. The third kappa shape index (κ3) is 4.32. The van der Waals surface area contributed by atoms with Crippen molar-refractivity contribution >= 4 is 17.6 Å². The number of carbonyl (C=O) groups is 1. The molecule has 0 atom stereocenters. The second-order valence-corrected chi connectivity index (χ2v) is 8.04. The molecule has 29 heavy (non-hydrogen) atoms. The highest BCUT2D eigenvalue weighted by molar-refractivity contribution is 5.88. The molecule has 1 aliphatic carbocycles. The van der Waals surface area contributed by atoms with Crippen LogP contribution in [0.2, 0.25) is 0 Å². The smallest absolute Gasteiger partial charge is 0.335 e. The van der Waals surface area contributed by atoms with Crippen LogP contribution in [0.4, 0.5) is 0 Å². The third-order valence-electron chi connectivity index (χ3n) is 5.69. The van der Waals surface area contributed by atoms with Gasteiger partial charge in [0.25, 0.3) is 0 Å². The SMILES string of the molecule is Cc1cc(C)cc(/C=C2\CCc3cccc(CCc4ccc(C(=O)O)cc4)c32)c1. The summed E-state index contributed by atoms with van der Waals surface area (Å²) in [6.45, 7) is 4.30. The van der Waals surface area contributed by atoms with Crippen molar-refractivity contribution in [1.29, 1.82) is 0 Å². The van der Waals surface area contributed by atoms with Gasteiger partial charge in [0.15, 0.2) is 0 Å². The summed E-state index contributed by atoms with van der Waals surface area (Å²) in [5.41, 5.74) is 11.1. The molecule has 0 aliphatic heterocycles. The zero-order valence-electron chi connectivity index (χ0n) is 17.0. The summed E-state index contributed by atoms with van der Waals surface area (Å²) < 4.78 is 0. The van der Waals surface area contributed by atoms with Crippen LogP contribution in [-0.4, -0.2) is 11.1 Å². The van der Waals surface area contributed by atoms with Crippen molar-refractivity contribution in [3.63, 3.8) is 0 Å². The summed E-state index contributed by atoms with van der Waals surface area (Å²) in [4.78, 5) is 11.0. The van der Waals surface area contributed by atoms with E-state index in [0.717, 1.165) is 25.7 Å². The largest absolute Gasteiger partial charge is 0.478 e. The van der Waals surface area contributed by atoms with E-state index < -0.39 is 5.97 Å². The fraction of sp³-hybridized carbons (Fsp3) is 0.222. The van der Waals surface area contributed by atoms with Crippen LogP contribution in [0.3, 0.4) is 0 Å². The van der Waals surface area contributed by atoms with E-state index in [1.165, 1.54) is 44.5 Å². The van der Waals surface area contributed by atoms with Gasteiger partial charge in [0.1, 0.15) is 0 Å².